The van der Waals surface area contributed by atoms with E-state index < -0.39 is 23.5 Å². The fourth-order valence-electron chi connectivity index (χ4n) is 1.51. The molecule has 0 fully saturated rings. The second kappa shape index (κ2) is 12.3. The molecule has 19 heteroatoms. The van der Waals surface area contributed by atoms with Crippen LogP contribution in [0.15, 0.2) is 23.1 Å². The van der Waals surface area contributed by atoms with Gasteiger partial charge in [-0.25, -0.2) is 18.5 Å². The van der Waals surface area contributed by atoms with Gasteiger partial charge in [0, 0.05) is 11.9 Å². The summed E-state index contributed by atoms with van der Waals surface area (Å²) in [5.41, 5.74) is 6.14. The fraction of sp³-hybridized carbons (Fsp3) is 0.333. The Morgan fingerprint density at radius 3 is 1.57 bits per heavy atom. The van der Waals surface area contributed by atoms with Gasteiger partial charge in [0.1, 0.15) is 5.82 Å². The van der Waals surface area contributed by atoms with E-state index in [2.05, 4.69) is 11.1 Å². The van der Waals surface area contributed by atoms with E-state index >= 15 is 0 Å². The van der Waals surface area contributed by atoms with Crippen LogP contribution >= 0.6 is 23.5 Å². The summed E-state index contributed by atoms with van der Waals surface area (Å²) in [4.78, 5) is 79.7. The van der Waals surface area contributed by atoms with Gasteiger partial charge in [-0.05, 0) is 25.3 Å². The molecule has 0 amide bonds. The highest BCUT2D eigenvalue weighted by atomic mass is 31.2. The molecule has 11 N–H and O–H groups in total. The van der Waals surface area contributed by atoms with Gasteiger partial charge in [0.2, 0.25) is 0 Å². The molecule has 0 bridgehead atoms. The third kappa shape index (κ3) is 27.0. The van der Waals surface area contributed by atoms with Crippen molar-refractivity contribution in [1.29, 1.82) is 0 Å². The summed E-state index contributed by atoms with van der Waals surface area (Å²) >= 11 is 0. The first-order chi connectivity index (χ1) is 12.3. The molecule has 1 aliphatic rings. The van der Waals surface area contributed by atoms with Crippen molar-refractivity contribution in [3.8, 4) is 0 Å². The number of hydrogen-bond donors (Lipinski definition) is 10. The zero-order valence-electron chi connectivity index (χ0n) is 13.8. The Morgan fingerprint density at radius 1 is 0.893 bits per heavy atom. The lowest BCUT2D eigenvalue weighted by Crippen LogP contribution is -2.21. The third-order valence-corrected chi connectivity index (χ3v) is 2.15. The molecule has 16 nitrogen and oxygen atoms in total. The van der Waals surface area contributed by atoms with Crippen LogP contribution in [-0.4, -0.2) is 53.6 Å². The van der Waals surface area contributed by atoms with Crippen molar-refractivity contribution < 1.29 is 57.7 Å². The number of nitrogens with two attached hydrogens (primary N) is 1. The van der Waals surface area contributed by atoms with Crippen LogP contribution in [0.2, 0.25) is 0 Å². The molecular weight excluding hydrogens is 451 g/mol. The van der Waals surface area contributed by atoms with Crippen molar-refractivity contribution in [3.63, 3.8) is 0 Å². The number of anilines is 1. The molecule has 0 unspecified atom stereocenters. The predicted molar refractivity (Wildman–Crippen MR) is 93.8 cm³/mol. The van der Waals surface area contributed by atoms with E-state index in [1.807, 2.05) is 0 Å². The first-order valence-corrected chi connectivity index (χ1v) is 11.4. The van der Waals surface area contributed by atoms with Crippen LogP contribution in [-0.2, 0) is 13.7 Å². The largest absolute Gasteiger partial charge is 0.466 e. The number of phosphoric acid groups is 3. The van der Waals surface area contributed by atoms with E-state index in [4.69, 9.17) is 63.5 Å². The zero-order chi connectivity index (χ0) is 22.8. The first-order valence-electron chi connectivity index (χ1n) is 6.67. The van der Waals surface area contributed by atoms with Crippen LogP contribution in [0.3, 0.4) is 0 Å². The minimum atomic E-state index is -4.64. The van der Waals surface area contributed by atoms with Gasteiger partial charge >= 0.3 is 29.2 Å². The van der Waals surface area contributed by atoms with E-state index in [0.29, 0.717) is 0 Å². The molecule has 0 radical (unpaired) electrons. The Hall–Kier alpha value is -1.25. The standard InChI is InChI=1S/C9H11N3O.3H3O4P/c10-8-5-6-12(9(13)11-8)7-3-1-2-4-7;3*1-5(2,3)4/h3,5-6H,1-2,4H2,(H2,10,11,13);3*(H3,1,2,3,4). The van der Waals surface area contributed by atoms with Crippen LogP contribution in [0.4, 0.5) is 5.82 Å². The van der Waals surface area contributed by atoms with Crippen LogP contribution in [0, 0.1) is 0 Å². The van der Waals surface area contributed by atoms with Gasteiger partial charge in [0.15, 0.2) is 0 Å². The Kier molecular flexibility index (Phi) is 12.8. The number of nitrogen functional groups attached to an aromatic ring is 1. The summed E-state index contributed by atoms with van der Waals surface area (Å²) in [7, 11) is -13.9. The normalized spacial score (nSPS) is 13.7. The highest BCUT2D eigenvalue weighted by Crippen LogP contribution is 2.26. The highest BCUT2D eigenvalue weighted by Gasteiger charge is 2.08. The van der Waals surface area contributed by atoms with Crippen molar-refractivity contribution in [3.05, 3.63) is 28.8 Å². The lowest BCUT2D eigenvalue weighted by molar-refractivity contribution is 0.272. The SMILES string of the molecule is Nc1ccn(C2=CCCC2)c(=O)n1.O=P(O)(O)O.O=P(O)(O)O.O=P(O)(O)O. The fourth-order valence-corrected chi connectivity index (χ4v) is 1.51. The summed E-state index contributed by atoms with van der Waals surface area (Å²) in [6.45, 7) is 0. The Bertz CT molecular complexity index is 763. The van der Waals surface area contributed by atoms with Gasteiger partial charge in [-0.2, -0.15) is 4.98 Å². The second-order valence-corrected chi connectivity index (χ2v) is 7.71. The van der Waals surface area contributed by atoms with Gasteiger partial charge < -0.3 is 49.8 Å². The van der Waals surface area contributed by atoms with E-state index in [9.17, 15) is 4.79 Å². The summed E-state index contributed by atoms with van der Waals surface area (Å²) in [6, 6.07) is 1.64. The van der Waals surface area contributed by atoms with Gasteiger partial charge in [-0.15, -0.1) is 0 Å². The molecule has 1 aliphatic carbocycles. The molecule has 1 heterocycles. The predicted octanol–water partition coefficient (Wildman–Crippen LogP) is -1.94. The highest BCUT2D eigenvalue weighted by molar-refractivity contribution is 7.45. The topological polar surface area (TPSA) is 294 Å². The number of nitrogens with zero attached hydrogens (tertiary/aromatic N) is 2. The van der Waals surface area contributed by atoms with E-state index in [0.717, 1.165) is 25.0 Å². The number of aromatic nitrogens is 2. The summed E-state index contributed by atoms with van der Waals surface area (Å²) in [6.07, 6.45) is 6.87. The molecule has 1 aromatic heterocycles. The number of hydrogen-bond acceptors (Lipinski definition) is 6. The molecule has 0 saturated heterocycles. The Labute approximate surface area is 157 Å². The minimum Gasteiger partial charge on any atom is -0.383 e. The van der Waals surface area contributed by atoms with E-state index in [1.54, 1.807) is 16.8 Å². The number of rotatable bonds is 1. The van der Waals surface area contributed by atoms with Crippen molar-refractivity contribution in [1.82, 2.24) is 9.55 Å². The quantitative estimate of drug-likeness (QED) is 0.199. The average Bonchev–Trinajstić information content (AvgIpc) is 2.85. The maximum atomic E-state index is 11.4. The lowest BCUT2D eigenvalue weighted by atomic mass is 10.3. The van der Waals surface area contributed by atoms with E-state index in [1.165, 1.54) is 0 Å². The first kappa shape index (κ1) is 29.0. The molecule has 1 aromatic rings. The van der Waals surface area contributed by atoms with Crippen molar-refractivity contribution in [2.45, 2.75) is 19.3 Å². The Morgan fingerprint density at radius 2 is 1.29 bits per heavy atom. The van der Waals surface area contributed by atoms with Gasteiger partial charge in [0.05, 0.1) is 0 Å². The Balaban J connectivity index is 0. The van der Waals surface area contributed by atoms with Crippen LogP contribution in [0.25, 0.3) is 5.70 Å². The van der Waals surface area contributed by atoms with Gasteiger partial charge in [-0.3, -0.25) is 4.57 Å². The summed E-state index contributed by atoms with van der Waals surface area (Å²) in [5, 5.41) is 0. The molecule has 0 saturated carbocycles. The third-order valence-electron chi connectivity index (χ3n) is 2.15. The van der Waals surface area contributed by atoms with Crippen molar-refractivity contribution in [2.24, 2.45) is 0 Å². The molecule has 164 valence electrons. The lowest BCUT2D eigenvalue weighted by Gasteiger charge is -2.04. The second-order valence-electron chi connectivity index (χ2n) is 4.63. The molecular formula is C9H20N3O13P3. The molecule has 28 heavy (non-hydrogen) atoms. The van der Waals surface area contributed by atoms with Gasteiger partial charge in [0.25, 0.3) is 0 Å². The number of allylic oxidation sites excluding steroid dienone is 2. The van der Waals surface area contributed by atoms with Crippen molar-refractivity contribution >= 4 is 35.0 Å². The summed E-state index contributed by atoms with van der Waals surface area (Å²) < 4.78 is 28.2. The van der Waals surface area contributed by atoms with E-state index in [-0.39, 0.29) is 11.5 Å². The molecule has 0 atom stereocenters. The van der Waals surface area contributed by atoms with Crippen LogP contribution in [0.5, 0.6) is 0 Å². The summed E-state index contributed by atoms with van der Waals surface area (Å²) in [5.74, 6) is 0.278. The smallest absolute Gasteiger partial charge is 0.383 e. The van der Waals surface area contributed by atoms with Crippen LogP contribution < -0.4 is 11.4 Å². The average molecular weight is 471 g/mol. The molecule has 0 spiro atoms. The van der Waals surface area contributed by atoms with Gasteiger partial charge in [-0.1, -0.05) is 6.08 Å². The monoisotopic (exact) mass is 471 g/mol. The minimum absolute atomic E-state index is 0.278. The maximum absolute atomic E-state index is 11.4. The molecule has 0 aliphatic heterocycles. The zero-order valence-corrected chi connectivity index (χ0v) is 16.5. The van der Waals surface area contributed by atoms with Crippen molar-refractivity contribution in [2.75, 3.05) is 5.73 Å². The maximum Gasteiger partial charge on any atom is 0.466 e. The van der Waals surface area contributed by atoms with Crippen LogP contribution in [0.1, 0.15) is 19.3 Å². The molecule has 2 rings (SSSR count). The molecule has 0 aromatic carbocycles.